The molecular weight excluding hydrogens is 217 g/mol. The van der Waals surface area contributed by atoms with Crippen molar-refractivity contribution < 1.29 is 14.4 Å². The molecule has 0 saturated carbocycles. The third-order valence-corrected chi connectivity index (χ3v) is 1.62. The van der Waals surface area contributed by atoms with Crippen LogP contribution in [-0.4, -0.2) is 16.8 Å². The predicted octanol–water partition coefficient (Wildman–Crippen LogP) is 0.398. The number of anilines is 2. The lowest BCUT2D eigenvalue weighted by atomic mass is 10.2. The van der Waals surface area contributed by atoms with Crippen LogP contribution in [-0.2, 0) is 11.1 Å². The quantitative estimate of drug-likeness (QED) is 0.371. The number of nitrogens with two attached hydrogens (primary N) is 2. The zero-order valence-corrected chi connectivity index (χ0v) is 9.24. The summed E-state index contributed by atoms with van der Waals surface area (Å²) in [5, 5.41) is 2.98. The fourth-order valence-electron chi connectivity index (χ4n) is 0.967. The second kappa shape index (κ2) is 7.14. The van der Waals surface area contributed by atoms with E-state index in [0.29, 0.717) is 6.54 Å². The second-order valence-corrected chi connectivity index (χ2v) is 3.13. The number of benzene rings is 1. The maximum atomic E-state index is 8.70. The van der Waals surface area contributed by atoms with E-state index < -0.39 is 8.25 Å². The number of hydrogen-bond acceptors (Lipinski definition) is 4. The van der Waals surface area contributed by atoms with E-state index >= 15 is 0 Å². The summed E-state index contributed by atoms with van der Waals surface area (Å²) in [6.07, 6.45) is 0. The van der Waals surface area contributed by atoms with Gasteiger partial charge in [-0.3, -0.25) is 0 Å². The molecule has 7 N–H and O–H groups in total. The van der Waals surface area contributed by atoms with Crippen molar-refractivity contribution in [3.63, 3.8) is 0 Å². The van der Waals surface area contributed by atoms with E-state index in [1.165, 1.54) is 0 Å². The Kier molecular flexibility index (Phi) is 6.57. The van der Waals surface area contributed by atoms with Gasteiger partial charge in [-0.15, -0.1) is 9.79 Å². The molecule has 0 aliphatic carbocycles. The molecular formula is C8H15N3O3P+. The summed E-state index contributed by atoms with van der Waals surface area (Å²) in [5.41, 5.74) is 13.9. The molecule has 1 rings (SSSR count). The maximum absolute atomic E-state index is 8.70. The van der Waals surface area contributed by atoms with E-state index in [9.17, 15) is 0 Å². The van der Waals surface area contributed by atoms with Crippen LogP contribution in [0.3, 0.4) is 0 Å². The van der Waals surface area contributed by atoms with Gasteiger partial charge in [-0.2, -0.15) is 0 Å². The standard InChI is InChI=1S/C8H13N3.HO3P/c1-11-8-3-2-6(5-9)4-7(8)10;1-4(2)3/h2-4,11H,5,9-10H2,1H3;(H-,1,2,3)/p+1. The van der Waals surface area contributed by atoms with Crippen LogP contribution in [0.1, 0.15) is 5.56 Å². The Morgan fingerprint density at radius 2 is 2.00 bits per heavy atom. The normalized spacial score (nSPS) is 8.80. The maximum Gasteiger partial charge on any atom is 0.692 e. The minimum absolute atomic E-state index is 0.536. The summed E-state index contributed by atoms with van der Waals surface area (Å²) in [4.78, 5) is 14.2. The zero-order chi connectivity index (χ0) is 11.8. The lowest BCUT2D eigenvalue weighted by molar-refractivity contribution is 0.405. The van der Waals surface area contributed by atoms with Crippen LogP contribution in [0.2, 0.25) is 0 Å². The average molecular weight is 232 g/mol. The SMILES string of the molecule is CNc1ccc(CN)cc1N.O=[P+](O)O. The van der Waals surface area contributed by atoms with Crippen molar-refractivity contribution in [1.82, 2.24) is 0 Å². The van der Waals surface area contributed by atoms with Gasteiger partial charge in [-0.05, 0) is 17.7 Å². The van der Waals surface area contributed by atoms with Crippen LogP contribution in [0.25, 0.3) is 0 Å². The molecule has 0 aliphatic heterocycles. The molecule has 1 aromatic rings. The summed E-state index contributed by atoms with van der Waals surface area (Å²) in [5.74, 6) is 0. The van der Waals surface area contributed by atoms with Crippen molar-refractivity contribution in [3.8, 4) is 0 Å². The molecule has 84 valence electrons. The van der Waals surface area contributed by atoms with E-state index in [1.54, 1.807) is 0 Å². The summed E-state index contributed by atoms with van der Waals surface area (Å²) >= 11 is 0. The van der Waals surface area contributed by atoms with Gasteiger partial charge in [0.05, 0.1) is 11.4 Å². The molecule has 0 unspecified atom stereocenters. The smallest absolute Gasteiger partial charge is 0.397 e. The molecule has 0 saturated heterocycles. The molecule has 0 radical (unpaired) electrons. The average Bonchev–Trinajstić information content (AvgIpc) is 2.16. The molecule has 1 aromatic carbocycles. The first-order chi connectivity index (χ1) is 7.01. The summed E-state index contributed by atoms with van der Waals surface area (Å²) in [6, 6.07) is 5.77. The molecule has 0 heterocycles. The molecule has 0 amide bonds. The summed E-state index contributed by atoms with van der Waals surface area (Å²) in [6.45, 7) is 0.536. The number of hydrogen-bond donors (Lipinski definition) is 5. The van der Waals surface area contributed by atoms with Crippen molar-refractivity contribution in [2.45, 2.75) is 6.54 Å². The van der Waals surface area contributed by atoms with Gasteiger partial charge in [0, 0.05) is 18.2 Å². The predicted molar refractivity (Wildman–Crippen MR) is 60.3 cm³/mol. The van der Waals surface area contributed by atoms with Crippen LogP contribution in [0.15, 0.2) is 18.2 Å². The second-order valence-electron chi connectivity index (χ2n) is 2.63. The molecule has 0 fully saturated rings. The fourth-order valence-corrected chi connectivity index (χ4v) is 0.967. The van der Waals surface area contributed by atoms with Crippen molar-refractivity contribution in [2.24, 2.45) is 5.73 Å². The van der Waals surface area contributed by atoms with Crippen molar-refractivity contribution in [3.05, 3.63) is 23.8 Å². The van der Waals surface area contributed by atoms with Gasteiger partial charge >= 0.3 is 8.25 Å². The lowest BCUT2D eigenvalue weighted by Crippen LogP contribution is -2.00. The summed E-state index contributed by atoms with van der Waals surface area (Å²) in [7, 11) is -1.03. The highest BCUT2D eigenvalue weighted by molar-refractivity contribution is 7.30. The molecule has 0 aromatic heterocycles. The molecule has 0 bridgehead atoms. The van der Waals surface area contributed by atoms with E-state index in [-0.39, 0.29) is 0 Å². The highest BCUT2D eigenvalue weighted by atomic mass is 31.1. The zero-order valence-electron chi connectivity index (χ0n) is 8.34. The van der Waals surface area contributed by atoms with Crippen LogP contribution >= 0.6 is 8.25 Å². The number of rotatable bonds is 2. The van der Waals surface area contributed by atoms with E-state index in [4.69, 9.17) is 25.8 Å². The van der Waals surface area contributed by atoms with Crippen molar-refractivity contribution in [2.75, 3.05) is 18.1 Å². The Labute approximate surface area is 88.9 Å². The van der Waals surface area contributed by atoms with E-state index in [1.807, 2.05) is 25.2 Å². The van der Waals surface area contributed by atoms with Crippen LogP contribution in [0.4, 0.5) is 11.4 Å². The Morgan fingerprint density at radius 3 is 2.33 bits per heavy atom. The van der Waals surface area contributed by atoms with Crippen LogP contribution < -0.4 is 16.8 Å². The molecule has 0 spiro atoms. The van der Waals surface area contributed by atoms with Crippen LogP contribution in [0.5, 0.6) is 0 Å². The molecule has 15 heavy (non-hydrogen) atoms. The highest BCUT2D eigenvalue weighted by Crippen LogP contribution is 2.18. The number of nitrogen functional groups attached to an aromatic ring is 1. The van der Waals surface area contributed by atoms with Gasteiger partial charge in [0.25, 0.3) is 0 Å². The topological polar surface area (TPSA) is 122 Å². The van der Waals surface area contributed by atoms with Gasteiger partial charge in [0.2, 0.25) is 0 Å². The Bertz CT molecular complexity index is 329. The van der Waals surface area contributed by atoms with Gasteiger partial charge in [-0.25, -0.2) is 0 Å². The Balaban J connectivity index is 0.000000423. The van der Waals surface area contributed by atoms with Crippen LogP contribution in [0, 0.1) is 0 Å². The van der Waals surface area contributed by atoms with Gasteiger partial charge in [-0.1, -0.05) is 6.07 Å². The van der Waals surface area contributed by atoms with Crippen molar-refractivity contribution in [1.29, 1.82) is 0 Å². The third kappa shape index (κ3) is 5.98. The highest BCUT2D eigenvalue weighted by Gasteiger charge is 1.96. The Morgan fingerprint density at radius 1 is 1.47 bits per heavy atom. The lowest BCUT2D eigenvalue weighted by Gasteiger charge is -2.05. The molecule has 7 heteroatoms. The fraction of sp³-hybridized carbons (Fsp3) is 0.250. The van der Waals surface area contributed by atoms with Gasteiger partial charge in [0.15, 0.2) is 0 Å². The van der Waals surface area contributed by atoms with Crippen molar-refractivity contribution >= 4 is 19.6 Å². The Hall–Kier alpha value is -1.20. The van der Waals surface area contributed by atoms with E-state index in [0.717, 1.165) is 16.9 Å². The molecule has 0 atom stereocenters. The first-order valence-electron chi connectivity index (χ1n) is 4.12. The third-order valence-electron chi connectivity index (χ3n) is 1.62. The summed E-state index contributed by atoms with van der Waals surface area (Å²) < 4.78 is 8.70. The van der Waals surface area contributed by atoms with Gasteiger partial charge in [0.1, 0.15) is 0 Å². The van der Waals surface area contributed by atoms with E-state index in [2.05, 4.69) is 5.32 Å². The first kappa shape index (κ1) is 13.8. The monoisotopic (exact) mass is 232 g/mol. The van der Waals surface area contributed by atoms with Gasteiger partial charge < -0.3 is 16.8 Å². The number of nitrogens with one attached hydrogen (secondary N) is 1. The minimum atomic E-state index is -2.87. The molecule has 6 nitrogen and oxygen atoms in total. The minimum Gasteiger partial charge on any atom is -0.397 e. The largest absolute Gasteiger partial charge is 0.692 e. The first-order valence-corrected chi connectivity index (χ1v) is 5.29. The molecule has 0 aliphatic rings.